The smallest absolute Gasteiger partial charge is 0.324 e. The molecule has 114 valence electrons. The maximum absolute atomic E-state index is 12.1. The van der Waals surface area contributed by atoms with Crippen molar-refractivity contribution in [3.05, 3.63) is 34.9 Å². The number of Topliss-reactive ketones (excluding diaryl/α,β-unsaturated/α-hetero) is 1. The van der Waals surface area contributed by atoms with E-state index in [4.69, 9.17) is 16.3 Å². The summed E-state index contributed by atoms with van der Waals surface area (Å²) < 4.78 is 5.07. The number of hydrogen-bond donors (Lipinski definition) is 0. The molecule has 0 bridgehead atoms. The van der Waals surface area contributed by atoms with Crippen LogP contribution in [0.5, 0.6) is 0 Å². The SMILES string of the molecule is CCOC(=O)C1CSCN1CCC(=O)c1ccc(Cl)cc1. The Balaban J connectivity index is 1.88. The minimum absolute atomic E-state index is 0.0613. The lowest BCUT2D eigenvalue weighted by Crippen LogP contribution is -2.40. The van der Waals surface area contributed by atoms with Crippen molar-refractivity contribution in [1.82, 2.24) is 4.90 Å². The van der Waals surface area contributed by atoms with Crippen molar-refractivity contribution < 1.29 is 14.3 Å². The Labute approximate surface area is 133 Å². The Kier molecular flexibility index (Phi) is 6.08. The van der Waals surface area contributed by atoms with Gasteiger partial charge in [0.15, 0.2) is 5.78 Å². The van der Waals surface area contributed by atoms with Crippen molar-refractivity contribution >= 4 is 35.1 Å². The van der Waals surface area contributed by atoms with Gasteiger partial charge >= 0.3 is 5.97 Å². The molecule has 0 spiro atoms. The van der Waals surface area contributed by atoms with E-state index in [9.17, 15) is 9.59 Å². The van der Waals surface area contributed by atoms with E-state index in [1.54, 1.807) is 43.0 Å². The molecule has 1 heterocycles. The van der Waals surface area contributed by atoms with E-state index in [0.717, 1.165) is 11.6 Å². The largest absolute Gasteiger partial charge is 0.465 e. The number of benzene rings is 1. The van der Waals surface area contributed by atoms with Gasteiger partial charge in [-0.05, 0) is 31.2 Å². The van der Waals surface area contributed by atoms with Gasteiger partial charge in [0.05, 0.1) is 6.61 Å². The van der Waals surface area contributed by atoms with E-state index >= 15 is 0 Å². The molecule has 0 saturated carbocycles. The van der Waals surface area contributed by atoms with Crippen molar-refractivity contribution in [3.63, 3.8) is 0 Å². The van der Waals surface area contributed by atoms with E-state index in [2.05, 4.69) is 0 Å². The quantitative estimate of drug-likeness (QED) is 0.594. The molecule has 4 nitrogen and oxygen atoms in total. The fraction of sp³-hybridized carbons (Fsp3) is 0.467. The lowest BCUT2D eigenvalue weighted by Gasteiger charge is -2.21. The number of halogens is 1. The molecule has 1 aliphatic heterocycles. The van der Waals surface area contributed by atoms with Crippen LogP contribution in [0.15, 0.2) is 24.3 Å². The number of ketones is 1. The lowest BCUT2D eigenvalue weighted by atomic mass is 10.1. The van der Waals surface area contributed by atoms with Crippen LogP contribution in [-0.2, 0) is 9.53 Å². The molecule has 1 saturated heterocycles. The molecule has 1 aliphatic rings. The first-order valence-electron chi connectivity index (χ1n) is 6.89. The molecular formula is C15H18ClNO3S. The molecule has 1 unspecified atom stereocenters. The zero-order valence-electron chi connectivity index (χ0n) is 11.9. The van der Waals surface area contributed by atoms with Crippen LogP contribution in [0.25, 0.3) is 0 Å². The topological polar surface area (TPSA) is 46.6 Å². The van der Waals surface area contributed by atoms with Crippen molar-refractivity contribution in [1.29, 1.82) is 0 Å². The fourth-order valence-corrected chi connectivity index (χ4v) is 3.52. The molecule has 1 aromatic carbocycles. The van der Waals surface area contributed by atoms with E-state index < -0.39 is 0 Å². The van der Waals surface area contributed by atoms with Gasteiger partial charge in [-0.3, -0.25) is 14.5 Å². The molecule has 0 aliphatic carbocycles. The minimum atomic E-state index is -0.229. The summed E-state index contributed by atoms with van der Waals surface area (Å²) in [7, 11) is 0. The third-order valence-corrected chi connectivity index (χ3v) is 4.64. The maximum atomic E-state index is 12.1. The number of rotatable bonds is 6. The predicted octanol–water partition coefficient (Wildman–Crippen LogP) is 2.85. The number of thioether (sulfide) groups is 1. The number of esters is 1. The zero-order valence-corrected chi connectivity index (χ0v) is 13.5. The molecule has 0 amide bonds. The van der Waals surface area contributed by atoms with Crippen LogP contribution < -0.4 is 0 Å². The number of carbonyl (C=O) groups is 2. The highest BCUT2D eigenvalue weighted by Crippen LogP contribution is 2.22. The van der Waals surface area contributed by atoms with Gasteiger partial charge < -0.3 is 4.74 Å². The third kappa shape index (κ3) is 4.46. The van der Waals surface area contributed by atoms with E-state index in [1.165, 1.54) is 0 Å². The molecular weight excluding hydrogens is 310 g/mol. The van der Waals surface area contributed by atoms with Crippen LogP contribution in [0.3, 0.4) is 0 Å². The van der Waals surface area contributed by atoms with E-state index in [1.807, 2.05) is 4.90 Å². The van der Waals surface area contributed by atoms with Gasteiger partial charge in [-0.2, -0.15) is 0 Å². The Morgan fingerprint density at radius 3 is 2.76 bits per heavy atom. The average molecular weight is 328 g/mol. The maximum Gasteiger partial charge on any atom is 0.324 e. The number of carbonyl (C=O) groups excluding carboxylic acids is 2. The van der Waals surface area contributed by atoms with Gasteiger partial charge in [0.1, 0.15) is 6.04 Å². The summed E-state index contributed by atoms with van der Waals surface area (Å²) in [6.07, 6.45) is 0.387. The Morgan fingerprint density at radius 2 is 2.10 bits per heavy atom. The summed E-state index contributed by atoms with van der Waals surface area (Å²) in [5.41, 5.74) is 0.652. The van der Waals surface area contributed by atoms with Gasteiger partial charge in [0, 0.05) is 35.2 Å². The van der Waals surface area contributed by atoms with E-state index in [0.29, 0.717) is 30.2 Å². The van der Waals surface area contributed by atoms with Gasteiger partial charge in [-0.25, -0.2) is 0 Å². The molecule has 1 aromatic rings. The summed E-state index contributed by atoms with van der Waals surface area (Å²) in [4.78, 5) is 26.0. The lowest BCUT2D eigenvalue weighted by molar-refractivity contribution is -0.147. The van der Waals surface area contributed by atoms with Crippen LogP contribution in [-0.4, -0.2) is 47.5 Å². The number of nitrogens with zero attached hydrogens (tertiary/aromatic N) is 1. The second-order valence-corrected chi connectivity index (χ2v) is 6.20. The van der Waals surface area contributed by atoms with Crippen molar-refractivity contribution in [2.75, 3.05) is 24.8 Å². The summed E-state index contributed by atoms with van der Waals surface area (Å²) in [5, 5.41) is 0.616. The van der Waals surface area contributed by atoms with Crippen molar-refractivity contribution in [2.24, 2.45) is 0 Å². The normalized spacial score (nSPS) is 18.7. The Bertz CT molecular complexity index is 506. The first kappa shape index (κ1) is 16.3. The molecule has 2 rings (SSSR count). The third-order valence-electron chi connectivity index (χ3n) is 3.32. The Hall–Kier alpha value is -1.04. The van der Waals surface area contributed by atoms with Crippen LogP contribution >= 0.6 is 23.4 Å². The number of hydrogen-bond acceptors (Lipinski definition) is 5. The number of ether oxygens (including phenoxy) is 1. The van der Waals surface area contributed by atoms with Crippen LogP contribution in [0.2, 0.25) is 5.02 Å². The first-order chi connectivity index (χ1) is 10.1. The van der Waals surface area contributed by atoms with Crippen molar-refractivity contribution in [2.45, 2.75) is 19.4 Å². The van der Waals surface area contributed by atoms with Crippen molar-refractivity contribution in [3.8, 4) is 0 Å². The summed E-state index contributed by atoms with van der Waals surface area (Å²) in [6, 6.07) is 6.65. The standard InChI is InChI=1S/C15H18ClNO3S/c1-2-20-15(19)13-9-21-10-17(13)8-7-14(18)11-3-5-12(16)6-4-11/h3-6,13H,2,7-10H2,1H3. The molecule has 0 aromatic heterocycles. The monoisotopic (exact) mass is 327 g/mol. The predicted molar refractivity (Wildman–Crippen MR) is 84.9 cm³/mol. The van der Waals surface area contributed by atoms with Crippen LogP contribution in [0, 0.1) is 0 Å². The molecule has 0 radical (unpaired) electrons. The second-order valence-electron chi connectivity index (χ2n) is 4.76. The Morgan fingerprint density at radius 1 is 1.38 bits per heavy atom. The van der Waals surface area contributed by atoms with Gasteiger partial charge in [0.25, 0.3) is 0 Å². The minimum Gasteiger partial charge on any atom is -0.465 e. The van der Waals surface area contributed by atoms with Crippen LogP contribution in [0.4, 0.5) is 0 Å². The average Bonchev–Trinajstić information content (AvgIpc) is 2.94. The molecule has 1 atom stereocenters. The highest BCUT2D eigenvalue weighted by Gasteiger charge is 2.32. The van der Waals surface area contributed by atoms with E-state index in [-0.39, 0.29) is 17.8 Å². The summed E-state index contributed by atoms with van der Waals surface area (Å²) in [5.74, 6) is 1.36. The van der Waals surface area contributed by atoms with Gasteiger partial charge in [-0.1, -0.05) is 11.6 Å². The summed E-state index contributed by atoms with van der Waals surface area (Å²) >= 11 is 7.50. The molecule has 0 N–H and O–H groups in total. The summed E-state index contributed by atoms with van der Waals surface area (Å²) in [6.45, 7) is 2.75. The second kappa shape index (κ2) is 7.82. The molecule has 6 heteroatoms. The van der Waals surface area contributed by atoms with Gasteiger partial charge in [-0.15, -0.1) is 11.8 Å². The molecule has 1 fully saturated rings. The molecule has 21 heavy (non-hydrogen) atoms. The highest BCUT2D eigenvalue weighted by molar-refractivity contribution is 7.99. The zero-order chi connectivity index (χ0) is 15.2. The van der Waals surface area contributed by atoms with Gasteiger partial charge in [0.2, 0.25) is 0 Å². The fourth-order valence-electron chi connectivity index (χ4n) is 2.18. The first-order valence-corrected chi connectivity index (χ1v) is 8.42. The van der Waals surface area contributed by atoms with Crippen LogP contribution in [0.1, 0.15) is 23.7 Å². The highest BCUT2D eigenvalue weighted by atomic mass is 35.5.